The summed E-state index contributed by atoms with van der Waals surface area (Å²) in [6, 6.07) is 2.23. The zero-order valence-corrected chi connectivity index (χ0v) is 12.5. The van der Waals surface area contributed by atoms with Crippen LogP contribution in [0.3, 0.4) is 0 Å². The molecule has 7 heteroatoms. The van der Waals surface area contributed by atoms with Crippen LogP contribution in [-0.2, 0) is 10.0 Å². The lowest BCUT2D eigenvalue weighted by molar-refractivity contribution is 0.0571. The van der Waals surface area contributed by atoms with Crippen molar-refractivity contribution in [2.24, 2.45) is 5.41 Å². The summed E-state index contributed by atoms with van der Waals surface area (Å²) in [4.78, 5) is -0.734. The second-order valence-corrected chi connectivity index (χ2v) is 7.38. The summed E-state index contributed by atoms with van der Waals surface area (Å²) in [7, 11) is -4.13. The van der Waals surface area contributed by atoms with Gasteiger partial charge >= 0.3 is 0 Å². The molecule has 1 rings (SSSR count). The summed E-state index contributed by atoms with van der Waals surface area (Å²) < 4.78 is 52.2. The highest BCUT2D eigenvalue weighted by molar-refractivity contribution is 7.89. The summed E-state index contributed by atoms with van der Waals surface area (Å²) in [5, 5.41) is 9.78. The first-order chi connectivity index (χ1) is 9.04. The van der Waals surface area contributed by atoms with Gasteiger partial charge in [0, 0.05) is 6.54 Å². The number of sulfonamides is 1. The van der Waals surface area contributed by atoms with Gasteiger partial charge in [0.05, 0.1) is 6.10 Å². The van der Waals surface area contributed by atoms with Crippen molar-refractivity contribution in [2.75, 3.05) is 6.54 Å². The Bertz CT molecular complexity index is 567. The first-order valence-corrected chi connectivity index (χ1v) is 7.65. The number of nitrogens with one attached hydrogen (secondary N) is 1. The minimum atomic E-state index is -4.13. The highest BCUT2D eigenvalue weighted by Crippen LogP contribution is 2.21. The maximum absolute atomic E-state index is 13.4. The van der Waals surface area contributed by atoms with E-state index in [9.17, 15) is 22.3 Å². The molecule has 4 nitrogen and oxygen atoms in total. The summed E-state index contributed by atoms with van der Waals surface area (Å²) in [5.41, 5.74) is -0.379. The molecule has 0 saturated carbocycles. The van der Waals surface area contributed by atoms with Gasteiger partial charge < -0.3 is 5.11 Å². The lowest BCUT2D eigenvalue weighted by atomic mass is 9.87. The molecule has 114 valence electrons. The number of hydrogen-bond donors (Lipinski definition) is 2. The van der Waals surface area contributed by atoms with Crippen LogP contribution in [0, 0.1) is 17.0 Å². The Morgan fingerprint density at radius 1 is 1.30 bits per heavy atom. The van der Waals surface area contributed by atoms with Crippen LogP contribution < -0.4 is 4.72 Å². The topological polar surface area (TPSA) is 66.4 Å². The zero-order chi connectivity index (χ0) is 15.6. The Labute approximate surface area is 117 Å². The first kappa shape index (κ1) is 17.0. The molecular weight excluding hydrogens is 288 g/mol. The molecule has 1 aromatic carbocycles. The molecule has 0 fully saturated rings. The van der Waals surface area contributed by atoms with Crippen molar-refractivity contribution < 1.29 is 22.3 Å². The van der Waals surface area contributed by atoms with Crippen molar-refractivity contribution in [3.63, 3.8) is 0 Å². The Morgan fingerprint density at radius 3 is 2.45 bits per heavy atom. The van der Waals surface area contributed by atoms with Crippen molar-refractivity contribution in [1.82, 2.24) is 4.72 Å². The van der Waals surface area contributed by atoms with Crippen LogP contribution in [0.1, 0.15) is 27.2 Å². The maximum atomic E-state index is 13.4. The molecule has 0 aromatic heterocycles. The number of aliphatic hydroxyl groups excluding tert-OH is 1. The molecular formula is C13H19F2NO3S. The van der Waals surface area contributed by atoms with E-state index in [1.165, 1.54) is 0 Å². The highest BCUT2D eigenvalue weighted by atomic mass is 32.2. The smallest absolute Gasteiger partial charge is 0.243 e. The Kier molecular flexibility index (Phi) is 5.23. The Hall–Kier alpha value is -1.05. The number of rotatable bonds is 5. The van der Waals surface area contributed by atoms with E-state index < -0.39 is 32.7 Å². The second-order valence-electron chi connectivity index (χ2n) is 5.64. The molecule has 0 unspecified atom stereocenters. The molecule has 1 atom stereocenters. The summed E-state index contributed by atoms with van der Waals surface area (Å²) in [6.07, 6.45) is -0.526. The van der Waals surface area contributed by atoms with Gasteiger partial charge in [-0.3, -0.25) is 0 Å². The van der Waals surface area contributed by atoms with E-state index >= 15 is 0 Å². The lowest BCUT2D eigenvalue weighted by Crippen LogP contribution is -2.33. The van der Waals surface area contributed by atoms with Crippen molar-refractivity contribution in [2.45, 2.75) is 38.2 Å². The third-order valence-electron chi connectivity index (χ3n) is 2.89. The maximum Gasteiger partial charge on any atom is 0.243 e. The average molecular weight is 307 g/mol. The van der Waals surface area contributed by atoms with Crippen LogP contribution in [0.25, 0.3) is 0 Å². The van der Waals surface area contributed by atoms with Gasteiger partial charge in [-0.2, -0.15) is 0 Å². The molecule has 0 bridgehead atoms. The molecule has 0 saturated heterocycles. The molecule has 2 N–H and O–H groups in total. The number of aliphatic hydroxyl groups is 1. The standard InChI is InChI=1S/C13H19F2NO3S/c1-13(2,3)12(17)6-7-16-20(18,19)11-8-9(14)4-5-10(11)15/h4-5,8,12,16-17H,6-7H2,1-3H3/t12-/m1/s1. The van der Waals surface area contributed by atoms with Gasteiger partial charge in [0.15, 0.2) is 0 Å². The summed E-state index contributed by atoms with van der Waals surface area (Å²) >= 11 is 0. The average Bonchev–Trinajstić information content (AvgIpc) is 2.30. The molecule has 0 amide bonds. The number of halogens is 2. The van der Waals surface area contributed by atoms with Crippen molar-refractivity contribution >= 4 is 10.0 Å². The third kappa shape index (κ3) is 4.50. The molecule has 0 radical (unpaired) electrons. The van der Waals surface area contributed by atoms with E-state index in [4.69, 9.17) is 0 Å². The van der Waals surface area contributed by atoms with E-state index in [2.05, 4.69) is 4.72 Å². The van der Waals surface area contributed by atoms with Crippen LogP contribution >= 0.6 is 0 Å². The largest absolute Gasteiger partial charge is 0.393 e. The molecule has 0 heterocycles. The second kappa shape index (κ2) is 6.15. The molecule has 0 spiro atoms. The van der Waals surface area contributed by atoms with Gasteiger partial charge in [0.25, 0.3) is 0 Å². The fourth-order valence-electron chi connectivity index (χ4n) is 1.52. The van der Waals surface area contributed by atoms with Crippen LogP contribution in [0.15, 0.2) is 23.1 Å². The molecule has 20 heavy (non-hydrogen) atoms. The van der Waals surface area contributed by atoms with Gasteiger partial charge in [-0.15, -0.1) is 0 Å². The highest BCUT2D eigenvalue weighted by Gasteiger charge is 2.24. The van der Waals surface area contributed by atoms with Gasteiger partial charge in [-0.05, 0) is 30.0 Å². The SMILES string of the molecule is CC(C)(C)[C@H](O)CCNS(=O)(=O)c1cc(F)ccc1F. The minimum Gasteiger partial charge on any atom is -0.393 e. The van der Waals surface area contributed by atoms with Crippen molar-refractivity contribution in [3.05, 3.63) is 29.8 Å². The molecule has 1 aromatic rings. The predicted molar refractivity (Wildman–Crippen MR) is 71.6 cm³/mol. The van der Waals surface area contributed by atoms with Crippen LogP contribution in [0.2, 0.25) is 0 Å². The van der Waals surface area contributed by atoms with Gasteiger partial charge in [0.1, 0.15) is 16.5 Å². The third-order valence-corrected chi connectivity index (χ3v) is 4.37. The van der Waals surface area contributed by atoms with Gasteiger partial charge in [0.2, 0.25) is 10.0 Å². The van der Waals surface area contributed by atoms with Crippen molar-refractivity contribution in [3.8, 4) is 0 Å². The van der Waals surface area contributed by atoms with Crippen LogP contribution in [-0.4, -0.2) is 26.2 Å². The van der Waals surface area contributed by atoms with Crippen molar-refractivity contribution in [1.29, 1.82) is 0 Å². The van der Waals surface area contributed by atoms with Crippen LogP contribution in [0.4, 0.5) is 8.78 Å². The predicted octanol–water partition coefficient (Wildman–Crippen LogP) is 2.04. The molecule has 0 aliphatic carbocycles. The molecule has 0 aliphatic rings. The Morgan fingerprint density at radius 2 is 1.90 bits per heavy atom. The monoisotopic (exact) mass is 307 g/mol. The van der Waals surface area contributed by atoms with Crippen LogP contribution in [0.5, 0.6) is 0 Å². The molecule has 0 aliphatic heterocycles. The normalized spacial score (nSPS) is 14.3. The van der Waals surface area contributed by atoms with E-state index in [-0.39, 0.29) is 18.4 Å². The number of benzene rings is 1. The lowest BCUT2D eigenvalue weighted by Gasteiger charge is -2.25. The van der Waals surface area contributed by atoms with E-state index in [1.807, 2.05) is 20.8 Å². The summed E-state index contributed by atoms with van der Waals surface area (Å²) in [5.74, 6) is -1.85. The van der Waals surface area contributed by atoms with Gasteiger partial charge in [-0.1, -0.05) is 20.8 Å². The fourth-order valence-corrected chi connectivity index (χ4v) is 2.66. The van der Waals surface area contributed by atoms with E-state index in [1.54, 1.807) is 0 Å². The summed E-state index contributed by atoms with van der Waals surface area (Å²) in [6.45, 7) is 5.39. The number of hydrogen-bond acceptors (Lipinski definition) is 3. The Balaban J connectivity index is 2.74. The van der Waals surface area contributed by atoms with Gasteiger partial charge in [-0.25, -0.2) is 21.9 Å². The van der Waals surface area contributed by atoms with E-state index in [0.29, 0.717) is 6.07 Å². The zero-order valence-electron chi connectivity index (χ0n) is 11.7. The minimum absolute atomic E-state index is 0.0588. The quantitative estimate of drug-likeness (QED) is 0.875. The fraction of sp³-hybridized carbons (Fsp3) is 0.538. The van der Waals surface area contributed by atoms with E-state index in [0.717, 1.165) is 12.1 Å². The first-order valence-electron chi connectivity index (χ1n) is 6.17.